The molecule has 0 aromatic heterocycles. The van der Waals surface area contributed by atoms with Gasteiger partial charge >= 0.3 is 0 Å². The Balaban J connectivity index is 1.86. The molecule has 0 nitrogen and oxygen atoms in total. The zero-order valence-electron chi connectivity index (χ0n) is 6.91. The maximum absolute atomic E-state index is 2.27. The van der Waals surface area contributed by atoms with Gasteiger partial charge < -0.3 is 0 Å². The first-order valence-corrected chi connectivity index (χ1v) is 10.2. The zero-order valence-corrected chi connectivity index (χ0v) is 10.3. The highest BCUT2D eigenvalue weighted by molar-refractivity contribution is 9.13. The molecule has 0 spiro atoms. The van der Waals surface area contributed by atoms with Gasteiger partial charge in [0.15, 0.2) is 0 Å². The normalized spacial score (nSPS) is 19.4. The third kappa shape index (κ3) is 4.92. The van der Waals surface area contributed by atoms with E-state index in [1.165, 1.54) is 36.5 Å². The van der Waals surface area contributed by atoms with Crippen LogP contribution in [0.1, 0.15) is 26.2 Å². The molecule has 1 saturated heterocycles. The van der Waals surface area contributed by atoms with E-state index in [-0.39, 0.29) is 5.53 Å². The highest BCUT2D eigenvalue weighted by Gasteiger charge is 2.15. The lowest BCUT2D eigenvalue weighted by atomic mass is 10.3. The molecule has 1 aliphatic heterocycles. The number of rotatable bonds is 5. The van der Waals surface area contributed by atoms with E-state index in [2.05, 4.69) is 41.1 Å². The Hall–Kier alpha value is 1.48. The molecule has 0 N–H and O–H groups in total. The van der Waals surface area contributed by atoms with E-state index in [4.69, 9.17) is 0 Å². The summed E-state index contributed by atoms with van der Waals surface area (Å²) in [5, 5.41) is 0. The minimum atomic E-state index is 0.288. The second kappa shape index (κ2) is 6.94. The molecule has 11 heavy (non-hydrogen) atoms. The van der Waals surface area contributed by atoms with Crippen molar-refractivity contribution in [2.24, 2.45) is 0 Å². The van der Waals surface area contributed by atoms with Crippen molar-refractivity contribution in [1.29, 1.82) is 0 Å². The Morgan fingerprint density at radius 2 is 2.00 bits per heavy atom. The Morgan fingerprint density at radius 3 is 2.64 bits per heavy atom. The van der Waals surface area contributed by atoms with E-state index in [0.29, 0.717) is 0 Å². The summed E-state index contributed by atoms with van der Waals surface area (Å²) in [7, 11) is 0. The predicted molar refractivity (Wildman–Crippen MR) is 63.8 cm³/mol. The summed E-state index contributed by atoms with van der Waals surface area (Å²) in [6, 6.07) is 0. The van der Waals surface area contributed by atoms with Gasteiger partial charge in [0, 0.05) is 11.5 Å². The van der Waals surface area contributed by atoms with Crippen LogP contribution in [0.5, 0.6) is 0 Å². The molecule has 0 atom stereocenters. The lowest BCUT2D eigenvalue weighted by molar-refractivity contribution is 0.779. The van der Waals surface area contributed by atoms with Gasteiger partial charge in [-0.1, -0.05) is 19.8 Å². The molecular weight excluding hydrogens is 211 g/mol. The third-order valence-electron chi connectivity index (χ3n) is 1.42. The Labute approximate surface area is 83.0 Å². The van der Waals surface area contributed by atoms with Crippen LogP contribution in [-0.4, -0.2) is 17.3 Å². The molecule has 0 unspecified atom stereocenters. The molecule has 1 fully saturated rings. The molecule has 0 aromatic carbocycles. The van der Waals surface area contributed by atoms with Crippen molar-refractivity contribution in [2.75, 3.05) is 17.3 Å². The standard InChI is InChI=1S/C7H15PS3/c1-2-3-4-5-9-8-10-6-7-11-8/h2-7H2,1H3. The molecule has 0 amide bonds. The monoisotopic (exact) mass is 226 g/mol. The van der Waals surface area contributed by atoms with Crippen LogP contribution in [0.15, 0.2) is 0 Å². The minimum Gasteiger partial charge on any atom is -0.112 e. The number of hydrogen-bond donors (Lipinski definition) is 0. The van der Waals surface area contributed by atoms with Crippen molar-refractivity contribution in [3.8, 4) is 0 Å². The second-order valence-corrected chi connectivity index (χ2v) is 12.6. The van der Waals surface area contributed by atoms with Gasteiger partial charge in [-0.05, 0) is 12.2 Å². The molecule has 0 saturated carbocycles. The molecule has 1 heterocycles. The molecule has 1 aliphatic rings. The summed E-state index contributed by atoms with van der Waals surface area (Å²) in [6.45, 7) is 2.27. The van der Waals surface area contributed by atoms with Crippen molar-refractivity contribution in [3.63, 3.8) is 0 Å². The van der Waals surface area contributed by atoms with Gasteiger partial charge in [0.05, 0.1) is 5.53 Å². The highest BCUT2D eigenvalue weighted by atomic mass is 33.4. The summed E-state index contributed by atoms with van der Waals surface area (Å²) in [4.78, 5) is 0. The van der Waals surface area contributed by atoms with Crippen molar-refractivity contribution in [2.45, 2.75) is 26.2 Å². The van der Waals surface area contributed by atoms with Crippen LogP contribution in [0.4, 0.5) is 0 Å². The molecule has 0 radical (unpaired) electrons. The molecule has 0 bridgehead atoms. The van der Waals surface area contributed by atoms with Gasteiger partial charge in [-0.3, -0.25) is 0 Å². The van der Waals surface area contributed by atoms with Crippen LogP contribution >= 0.6 is 39.7 Å². The first-order valence-electron chi connectivity index (χ1n) is 4.12. The molecule has 0 aromatic rings. The number of unbranched alkanes of at least 4 members (excludes halogenated alkanes) is 2. The van der Waals surface area contributed by atoms with Gasteiger partial charge in [0.1, 0.15) is 0 Å². The van der Waals surface area contributed by atoms with Crippen LogP contribution in [-0.2, 0) is 0 Å². The van der Waals surface area contributed by atoms with Gasteiger partial charge in [0.2, 0.25) is 0 Å². The van der Waals surface area contributed by atoms with Crippen molar-refractivity contribution in [3.05, 3.63) is 0 Å². The third-order valence-corrected chi connectivity index (χ3v) is 12.8. The first-order chi connectivity index (χ1) is 5.43. The van der Waals surface area contributed by atoms with Crippen LogP contribution in [0.2, 0.25) is 0 Å². The van der Waals surface area contributed by atoms with Gasteiger partial charge in [0.25, 0.3) is 0 Å². The summed E-state index contributed by atoms with van der Waals surface area (Å²) in [5.41, 5.74) is 0.288. The van der Waals surface area contributed by atoms with Crippen molar-refractivity contribution >= 4 is 39.7 Å². The van der Waals surface area contributed by atoms with E-state index in [1.54, 1.807) is 0 Å². The average Bonchev–Trinajstić information content (AvgIpc) is 2.50. The number of hydrogen-bond acceptors (Lipinski definition) is 3. The molecular formula is C7H15PS3. The van der Waals surface area contributed by atoms with Gasteiger partial charge in [-0.2, -0.15) is 0 Å². The van der Waals surface area contributed by atoms with Crippen molar-refractivity contribution in [1.82, 2.24) is 0 Å². The molecule has 66 valence electrons. The van der Waals surface area contributed by atoms with Gasteiger partial charge in [-0.15, -0.1) is 34.1 Å². The Morgan fingerprint density at radius 1 is 1.27 bits per heavy atom. The quantitative estimate of drug-likeness (QED) is 0.496. The fraction of sp³-hybridized carbons (Fsp3) is 1.00. The molecule has 0 aliphatic carbocycles. The fourth-order valence-corrected chi connectivity index (χ4v) is 12.2. The predicted octanol–water partition coefficient (Wildman–Crippen LogP) is 4.62. The maximum atomic E-state index is 2.27. The topological polar surface area (TPSA) is 0 Å². The van der Waals surface area contributed by atoms with Crippen molar-refractivity contribution < 1.29 is 0 Å². The molecule has 1 rings (SSSR count). The lowest BCUT2D eigenvalue weighted by Crippen LogP contribution is -1.74. The van der Waals surface area contributed by atoms with E-state index in [0.717, 1.165) is 0 Å². The smallest absolute Gasteiger partial charge is 0.0729 e. The second-order valence-electron chi connectivity index (χ2n) is 2.43. The Kier molecular flexibility index (Phi) is 6.66. The average molecular weight is 226 g/mol. The lowest BCUT2D eigenvalue weighted by Gasteiger charge is -2.05. The van der Waals surface area contributed by atoms with Crippen LogP contribution in [0, 0.1) is 0 Å². The van der Waals surface area contributed by atoms with E-state index < -0.39 is 0 Å². The van der Waals surface area contributed by atoms with Gasteiger partial charge in [-0.25, -0.2) is 0 Å². The first kappa shape index (κ1) is 10.6. The SMILES string of the molecule is CCCCCSP1SCCS1. The van der Waals surface area contributed by atoms with E-state index >= 15 is 0 Å². The summed E-state index contributed by atoms with van der Waals surface area (Å²) in [6.07, 6.45) is 4.21. The van der Waals surface area contributed by atoms with Crippen LogP contribution in [0.3, 0.4) is 0 Å². The summed E-state index contributed by atoms with van der Waals surface area (Å²) < 4.78 is 0. The van der Waals surface area contributed by atoms with Crippen LogP contribution in [0.25, 0.3) is 0 Å². The van der Waals surface area contributed by atoms with E-state index in [1.807, 2.05) is 0 Å². The Bertz CT molecular complexity index is 93.7. The van der Waals surface area contributed by atoms with Crippen LogP contribution < -0.4 is 0 Å². The summed E-state index contributed by atoms with van der Waals surface area (Å²) >= 11 is 6.60. The fourth-order valence-electron chi connectivity index (χ4n) is 0.827. The largest absolute Gasteiger partial charge is 0.112 e. The minimum absolute atomic E-state index is 0.288. The summed E-state index contributed by atoms with van der Waals surface area (Å²) in [5.74, 6) is 4.20. The zero-order chi connectivity index (χ0) is 7.94. The maximum Gasteiger partial charge on any atom is 0.0729 e. The molecule has 4 heteroatoms. The highest BCUT2D eigenvalue weighted by Crippen LogP contribution is 2.74. The van der Waals surface area contributed by atoms with E-state index in [9.17, 15) is 0 Å².